The molecule has 0 spiro atoms. The quantitative estimate of drug-likeness (QED) is 0.737. The van der Waals surface area contributed by atoms with Gasteiger partial charge in [-0.2, -0.15) is 0 Å². The molecule has 0 aromatic heterocycles. The van der Waals surface area contributed by atoms with Crippen LogP contribution in [0.3, 0.4) is 0 Å². The van der Waals surface area contributed by atoms with E-state index in [1.165, 1.54) is 18.2 Å². The zero-order valence-corrected chi connectivity index (χ0v) is 14.9. The number of rotatable bonds is 5. The molecule has 0 bridgehead atoms. The van der Waals surface area contributed by atoms with E-state index in [-0.39, 0.29) is 6.42 Å². The Hall–Kier alpha value is -1.73. The van der Waals surface area contributed by atoms with Gasteiger partial charge in [-0.3, -0.25) is 4.79 Å². The Morgan fingerprint density at radius 1 is 1.13 bits per heavy atom. The zero-order chi connectivity index (χ0) is 17.0. The zero-order valence-electron chi connectivity index (χ0n) is 11.7. The van der Waals surface area contributed by atoms with E-state index < -0.39 is 23.7 Å². The molecule has 0 saturated carbocycles. The van der Waals surface area contributed by atoms with Gasteiger partial charge in [-0.05, 0) is 35.9 Å². The lowest BCUT2D eigenvalue weighted by molar-refractivity contribution is -0.139. The van der Waals surface area contributed by atoms with E-state index in [0.29, 0.717) is 20.1 Å². The van der Waals surface area contributed by atoms with Crippen LogP contribution in [0.25, 0.3) is 0 Å². The fourth-order valence-electron chi connectivity index (χ4n) is 2.03. The van der Waals surface area contributed by atoms with E-state index in [1.807, 2.05) is 0 Å². The number of carboxylic acids is 1. The molecule has 2 aromatic carbocycles. The molecule has 0 radical (unpaired) electrons. The number of carbonyl (C=O) groups is 2. The van der Waals surface area contributed by atoms with Crippen LogP contribution in [0.4, 0.5) is 4.39 Å². The third kappa shape index (κ3) is 5.14. The highest BCUT2D eigenvalue weighted by molar-refractivity contribution is 9.11. The summed E-state index contributed by atoms with van der Waals surface area (Å²) in [4.78, 5) is 23.6. The lowest BCUT2D eigenvalue weighted by Crippen LogP contribution is -2.42. The Balaban J connectivity index is 2.15. The highest BCUT2D eigenvalue weighted by Crippen LogP contribution is 2.20. The molecule has 2 rings (SSSR count). The molecular formula is C16H12Br2FNO3. The van der Waals surface area contributed by atoms with Crippen LogP contribution in [0.5, 0.6) is 0 Å². The van der Waals surface area contributed by atoms with E-state index in [0.717, 1.165) is 0 Å². The Morgan fingerprint density at radius 3 is 2.35 bits per heavy atom. The molecule has 0 fully saturated rings. The normalized spacial score (nSPS) is 11.8. The number of aliphatic carboxylic acids is 1. The Bertz CT molecular complexity index is 732. The van der Waals surface area contributed by atoms with Crippen molar-refractivity contribution in [2.45, 2.75) is 12.5 Å². The van der Waals surface area contributed by atoms with Gasteiger partial charge in [0.05, 0.1) is 0 Å². The average Bonchev–Trinajstić information content (AvgIpc) is 2.45. The first-order chi connectivity index (χ1) is 10.8. The van der Waals surface area contributed by atoms with Crippen molar-refractivity contribution in [3.63, 3.8) is 0 Å². The minimum Gasteiger partial charge on any atom is -0.480 e. The van der Waals surface area contributed by atoms with Gasteiger partial charge in [0.2, 0.25) is 0 Å². The molecule has 2 aromatic rings. The summed E-state index contributed by atoms with van der Waals surface area (Å²) in [5, 5.41) is 11.7. The minimum atomic E-state index is -1.18. The van der Waals surface area contributed by atoms with Crippen molar-refractivity contribution in [1.29, 1.82) is 0 Å². The Kier molecular flexibility index (Phi) is 5.90. The molecule has 0 heterocycles. The van der Waals surface area contributed by atoms with Crippen LogP contribution >= 0.6 is 31.9 Å². The third-order valence-corrected chi connectivity index (χ3v) is 3.97. The van der Waals surface area contributed by atoms with Crippen LogP contribution in [0.1, 0.15) is 15.9 Å². The van der Waals surface area contributed by atoms with Crippen molar-refractivity contribution in [2.24, 2.45) is 0 Å². The summed E-state index contributed by atoms with van der Waals surface area (Å²) >= 11 is 6.54. The van der Waals surface area contributed by atoms with Gasteiger partial charge in [-0.1, -0.05) is 44.0 Å². The van der Waals surface area contributed by atoms with Gasteiger partial charge in [-0.15, -0.1) is 0 Å². The molecule has 23 heavy (non-hydrogen) atoms. The van der Waals surface area contributed by atoms with Crippen molar-refractivity contribution >= 4 is 43.7 Å². The first kappa shape index (κ1) is 17.6. The summed E-state index contributed by atoms with van der Waals surface area (Å²) < 4.78 is 14.6. The van der Waals surface area contributed by atoms with Gasteiger partial charge in [0.15, 0.2) is 0 Å². The van der Waals surface area contributed by atoms with E-state index >= 15 is 0 Å². The van der Waals surface area contributed by atoms with Gasteiger partial charge >= 0.3 is 5.97 Å². The number of halogens is 3. The maximum Gasteiger partial charge on any atom is 0.326 e. The molecule has 2 N–H and O–H groups in total. The molecule has 0 aliphatic heterocycles. The van der Waals surface area contributed by atoms with Crippen molar-refractivity contribution in [3.05, 3.63) is 68.4 Å². The highest BCUT2D eigenvalue weighted by atomic mass is 79.9. The van der Waals surface area contributed by atoms with E-state index in [1.54, 1.807) is 24.3 Å². The topological polar surface area (TPSA) is 66.4 Å². The number of carboxylic acid groups (broad SMARTS) is 1. The van der Waals surface area contributed by atoms with Crippen LogP contribution in [-0.2, 0) is 11.2 Å². The largest absolute Gasteiger partial charge is 0.480 e. The fraction of sp³-hybridized carbons (Fsp3) is 0.125. The maximum atomic E-state index is 13.2. The molecule has 120 valence electrons. The van der Waals surface area contributed by atoms with Crippen LogP contribution in [0, 0.1) is 5.82 Å². The molecule has 0 unspecified atom stereocenters. The Labute approximate surface area is 149 Å². The number of nitrogens with one attached hydrogen (secondary N) is 1. The van der Waals surface area contributed by atoms with Crippen molar-refractivity contribution in [2.75, 3.05) is 0 Å². The van der Waals surface area contributed by atoms with E-state index in [4.69, 9.17) is 0 Å². The SMILES string of the molecule is O=C(N[C@H](Cc1cccc(F)c1)C(=O)O)c1cc(Br)cc(Br)c1. The first-order valence-electron chi connectivity index (χ1n) is 6.59. The highest BCUT2D eigenvalue weighted by Gasteiger charge is 2.21. The molecule has 0 saturated heterocycles. The summed E-state index contributed by atoms with van der Waals surface area (Å²) in [5.41, 5.74) is 0.810. The van der Waals surface area contributed by atoms with E-state index in [2.05, 4.69) is 37.2 Å². The summed E-state index contributed by atoms with van der Waals surface area (Å²) in [6, 6.07) is 9.41. The molecule has 1 amide bonds. The molecule has 7 heteroatoms. The summed E-state index contributed by atoms with van der Waals surface area (Å²) in [5.74, 6) is -2.15. The fourth-order valence-corrected chi connectivity index (χ4v) is 3.32. The number of hydrogen-bond donors (Lipinski definition) is 2. The lowest BCUT2D eigenvalue weighted by atomic mass is 10.1. The number of benzene rings is 2. The number of carbonyl (C=O) groups excluding carboxylic acids is 1. The number of hydrogen-bond acceptors (Lipinski definition) is 2. The second-order valence-electron chi connectivity index (χ2n) is 4.86. The van der Waals surface area contributed by atoms with Gasteiger partial charge in [0, 0.05) is 20.9 Å². The molecule has 4 nitrogen and oxygen atoms in total. The van der Waals surface area contributed by atoms with Gasteiger partial charge in [-0.25, -0.2) is 9.18 Å². The van der Waals surface area contributed by atoms with Crippen molar-refractivity contribution in [3.8, 4) is 0 Å². The molecular weight excluding hydrogens is 433 g/mol. The van der Waals surface area contributed by atoms with Crippen molar-refractivity contribution in [1.82, 2.24) is 5.32 Å². The molecule has 1 atom stereocenters. The maximum absolute atomic E-state index is 13.2. The molecule has 0 aliphatic carbocycles. The van der Waals surface area contributed by atoms with Gasteiger partial charge in [0.25, 0.3) is 5.91 Å². The summed E-state index contributed by atoms with van der Waals surface area (Å²) in [6.07, 6.45) is -0.00595. The second-order valence-corrected chi connectivity index (χ2v) is 6.69. The van der Waals surface area contributed by atoms with Crippen LogP contribution < -0.4 is 5.32 Å². The van der Waals surface area contributed by atoms with E-state index in [9.17, 15) is 19.1 Å². The lowest BCUT2D eigenvalue weighted by Gasteiger charge is -2.15. The number of amides is 1. The standard InChI is InChI=1S/C16H12Br2FNO3/c17-11-6-10(7-12(18)8-11)15(21)20-14(16(22)23)5-9-2-1-3-13(19)4-9/h1-4,6-8,14H,5H2,(H,20,21)(H,22,23)/t14-/m1/s1. The van der Waals surface area contributed by atoms with Gasteiger partial charge < -0.3 is 10.4 Å². The second kappa shape index (κ2) is 7.70. The average molecular weight is 445 g/mol. The predicted molar refractivity (Wildman–Crippen MR) is 90.8 cm³/mol. The van der Waals surface area contributed by atoms with Crippen LogP contribution in [0.15, 0.2) is 51.4 Å². The monoisotopic (exact) mass is 443 g/mol. The van der Waals surface area contributed by atoms with Gasteiger partial charge in [0.1, 0.15) is 11.9 Å². The third-order valence-electron chi connectivity index (χ3n) is 3.06. The first-order valence-corrected chi connectivity index (χ1v) is 8.18. The minimum absolute atomic E-state index is 0.00595. The van der Waals surface area contributed by atoms with Crippen molar-refractivity contribution < 1.29 is 19.1 Å². The summed E-state index contributed by atoms with van der Waals surface area (Å²) in [6.45, 7) is 0. The van der Waals surface area contributed by atoms with Crippen LogP contribution in [0.2, 0.25) is 0 Å². The Morgan fingerprint density at radius 2 is 1.78 bits per heavy atom. The predicted octanol–water partition coefficient (Wildman–Crippen LogP) is 3.78. The van der Waals surface area contributed by atoms with Crippen LogP contribution in [-0.4, -0.2) is 23.0 Å². The summed E-state index contributed by atoms with van der Waals surface area (Å²) in [7, 11) is 0. The smallest absolute Gasteiger partial charge is 0.326 e. The molecule has 0 aliphatic rings.